The van der Waals surface area contributed by atoms with Gasteiger partial charge in [0.1, 0.15) is 0 Å². The smallest absolute Gasteiger partial charge is 0.303 e. The van der Waals surface area contributed by atoms with Gasteiger partial charge < -0.3 is 28.8 Å². The first kappa shape index (κ1) is 43.7. The van der Waals surface area contributed by atoms with Crippen molar-refractivity contribution >= 4 is 23.3 Å². The van der Waals surface area contributed by atoms with Crippen molar-refractivity contribution in [3.05, 3.63) is 23.3 Å². The van der Waals surface area contributed by atoms with Gasteiger partial charge in [0.05, 0.1) is 33.0 Å². The fraction of sp³-hybridized carbons (Fsp3) is 0.811. The molecule has 2 rings (SSSR count). The van der Waals surface area contributed by atoms with E-state index in [0.29, 0.717) is 46.2 Å². The number of hydrogen-bond donors (Lipinski definition) is 1. The maximum atomic E-state index is 10.3. The molecular formula is C37H66AlO7. The number of carboxylic acids is 1. The zero-order valence-corrected chi connectivity index (χ0v) is 30.4. The summed E-state index contributed by atoms with van der Waals surface area (Å²) in [5.74, 6) is 1.00. The van der Waals surface area contributed by atoms with E-state index in [0.717, 1.165) is 56.6 Å². The van der Waals surface area contributed by atoms with Crippen LogP contribution in [0.15, 0.2) is 12.1 Å². The topological polar surface area (TPSA) is 83.5 Å². The fourth-order valence-corrected chi connectivity index (χ4v) is 5.18. The number of hydrogen-bond acceptors (Lipinski definition) is 6. The molecule has 0 spiro atoms. The van der Waals surface area contributed by atoms with Gasteiger partial charge in [-0.25, -0.2) is 0 Å². The molecule has 1 aliphatic rings. The van der Waals surface area contributed by atoms with E-state index in [1.807, 2.05) is 6.07 Å². The molecule has 0 saturated carbocycles. The number of aliphatic carboxylic acids is 1. The summed E-state index contributed by atoms with van der Waals surface area (Å²) in [4.78, 5) is 10.3. The van der Waals surface area contributed by atoms with Crippen molar-refractivity contribution in [2.75, 3.05) is 39.8 Å². The molecule has 0 amide bonds. The summed E-state index contributed by atoms with van der Waals surface area (Å²) in [5.41, 5.74) is 2.44. The Hall–Kier alpha value is -1.30. The van der Waals surface area contributed by atoms with E-state index in [9.17, 15) is 4.79 Å². The van der Waals surface area contributed by atoms with Crippen LogP contribution in [0, 0.1) is 0 Å². The number of unbranched alkanes of at least 4 members (excludes halogenated alkanes) is 15. The second-order valence-electron chi connectivity index (χ2n) is 11.9. The number of carboxylic acid groups (broad SMARTS) is 1. The third-order valence-corrected chi connectivity index (χ3v) is 7.85. The largest absolute Gasteiger partial charge is 0.481 e. The molecule has 1 N–H and O–H groups in total. The highest BCUT2D eigenvalue weighted by atomic mass is 27.0. The first-order valence-corrected chi connectivity index (χ1v) is 18.0. The zero-order valence-electron chi connectivity index (χ0n) is 29.2. The van der Waals surface area contributed by atoms with Gasteiger partial charge in [-0.2, -0.15) is 0 Å². The lowest BCUT2D eigenvalue weighted by Gasteiger charge is -2.11. The van der Waals surface area contributed by atoms with Crippen LogP contribution in [0.3, 0.4) is 0 Å². The molecule has 45 heavy (non-hydrogen) atoms. The maximum Gasteiger partial charge on any atom is 0.303 e. The normalized spacial score (nSPS) is 11.6. The predicted molar refractivity (Wildman–Crippen MR) is 186 cm³/mol. The van der Waals surface area contributed by atoms with Gasteiger partial charge >= 0.3 is 5.97 Å². The Morgan fingerprint density at radius 2 is 1.04 bits per heavy atom. The molecular weight excluding hydrogens is 583 g/mol. The molecule has 0 bridgehead atoms. The molecule has 0 aliphatic carbocycles. The molecule has 0 saturated heterocycles. The molecule has 0 aromatic heterocycles. The number of fused-ring (bicyclic) bond motifs is 1. The molecule has 7 nitrogen and oxygen atoms in total. The van der Waals surface area contributed by atoms with Crippen LogP contribution >= 0.6 is 0 Å². The predicted octanol–water partition coefficient (Wildman–Crippen LogP) is 9.67. The standard InChI is InChI=1S/C19H30O5.C18H36O2.Al/c1-3-5-7-20-8-9-21-10-11-22-14-17-13-19-18(23-15-24-19)12-16(17)6-4-2;1-2-3-4-5-6-7-8-9-10-11-12-13-14-15-16-17-18(19)20;/h12-13H,3-11,14-15H2,1-2H3;2-17H2,1H3,(H,19,20);. The number of aryl methyl sites for hydroxylation is 1. The third-order valence-electron chi connectivity index (χ3n) is 7.85. The molecule has 1 heterocycles. The lowest BCUT2D eigenvalue weighted by molar-refractivity contribution is -0.137. The molecule has 0 fully saturated rings. The maximum absolute atomic E-state index is 10.3. The second-order valence-corrected chi connectivity index (χ2v) is 11.9. The summed E-state index contributed by atoms with van der Waals surface area (Å²) in [6.07, 6.45) is 24.6. The minimum atomic E-state index is -0.653. The van der Waals surface area contributed by atoms with Crippen LogP contribution < -0.4 is 9.47 Å². The SMILES string of the molecule is CCCCCCCCCCCCCCCCCC(=O)O.CCCCOCCOCCOCc1cc2c(cc1CCC)OCO2.[Al]. The number of ether oxygens (including phenoxy) is 5. The van der Waals surface area contributed by atoms with Crippen LogP contribution in [0.4, 0.5) is 0 Å². The van der Waals surface area contributed by atoms with E-state index >= 15 is 0 Å². The lowest BCUT2D eigenvalue weighted by Crippen LogP contribution is -2.10. The highest BCUT2D eigenvalue weighted by Gasteiger charge is 2.17. The summed E-state index contributed by atoms with van der Waals surface area (Å²) in [5, 5.41) is 8.52. The fourth-order valence-electron chi connectivity index (χ4n) is 5.18. The highest BCUT2D eigenvalue weighted by molar-refractivity contribution is 5.75. The van der Waals surface area contributed by atoms with Gasteiger partial charge in [-0.3, -0.25) is 4.79 Å². The molecule has 0 atom stereocenters. The Morgan fingerprint density at radius 3 is 1.53 bits per heavy atom. The first-order valence-electron chi connectivity index (χ1n) is 18.0. The van der Waals surface area contributed by atoms with E-state index in [1.54, 1.807) is 0 Å². The van der Waals surface area contributed by atoms with E-state index in [4.69, 9.17) is 28.8 Å². The molecule has 0 unspecified atom stereocenters. The van der Waals surface area contributed by atoms with Crippen LogP contribution in [0.1, 0.15) is 154 Å². The van der Waals surface area contributed by atoms with Gasteiger partial charge in [0.25, 0.3) is 0 Å². The van der Waals surface area contributed by atoms with Crippen LogP contribution in [-0.2, 0) is 32.0 Å². The van der Waals surface area contributed by atoms with Crippen molar-refractivity contribution in [3.8, 4) is 11.5 Å². The molecule has 3 radical (unpaired) electrons. The summed E-state index contributed by atoms with van der Waals surface area (Å²) in [7, 11) is 0. The number of carbonyl (C=O) groups is 1. The quantitative estimate of drug-likeness (QED) is 0.0683. The summed E-state index contributed by atoms with van der Waals surface area (Å²) >= 11 is 0. The van der Waals surface area contributed by atoms with Crippen LogP contribution in [-0.4, -0.2) is 68.3 Å². The van der Waals surface area contributed by atoms with Gasteiger partial charge in [-0.1, -0.05) is 124 Å². The lowest BCUT2D eigenvalue weighted by atomic mass is 10.0. The molecule has 259 valence electrons. The van der Waals surface area contributed by atoms with Gasteiger partial charge in [-0.15, -0.1) is 0 Å². The molecule has 1 aromatic carbocycles. The van der Waals surface area contributed by atoms with Crippen LogP contribution in [0.5, 0.6) is 11.5 Å². The van der Waals surface area contributed by atoms with Crippen molar-refractivity contribution < 1.29 is 33.6 Å². The average Bonchev–Trinajstić information content (AvgIpc) is 3.47. The molecule has 8 heteroatoms. The Morgan fingerprint density at radius 1 is 0.600 bits per heavy atom. The minimum absolute atomic E-state index is 0. The van der Waals surface area contributed by atoms with Crippen molar-refractivity contribution in [2.45, 2.75) is 156 Å². The Kier molecular flexibility index (Phi) is 31.7. The Labute approximate surface area is 286 Å². The number of rotatable bonds is 29. The summed E-state index contributed by atoms with van der Waals surface area (Å²) < 4.78 is 27.6. The third kappa shape index (κ3) is 25.5. The zero-order chi connectivity index (χ0) is 31.9. The summed E-state index contributed by atoms with van der Waals surface area (Å²) in [6.45, 7) is 10.7. The van der Waals surface area contributed by atoms with E-state index in [1.165, 1.54) is 94.6 Å². The number of benzene rings is 1. The minimum Gasteiger partial charge on any atom is -0.481 e. The van der Waals surface area contributed by atoms with Crippen molar-refractivity contribution in [1.82, 2.24) is 0 Å². The van der Waals surface area contributed by atoms with Gasteiger partial charge in [0, 0.05) is 30.4 Å². The molecule has 1 aliphatic heterocycles. The van der Waals surface area contributed by atoms with Crippen molar-refractivity contribution in [2.24, 2.45) is 0 Å². The van der Waals surface area contributed by atoms with Crippen molar-refractivity contribution in [3.63, 3.8) is 0 Å². The van der Waals surface area contributed by atoms with Gasteiger partial charge in [0.15, 0.2) is 11.5 Å². The Balaban J connectivity index is 0.000000858. The summed E-state index contributed by atoms with van der Waals surface area (Å²) in [6, 6.07) is 4.12. The average molecular weight is 650 g/mol. The molecule has 1 aromatic rings. The van der Waals surface area contributed by atoms with Crippen LogP contribution in [0.2, 0.25) is 0 Å². The van der Waals surface area contributed by atoms with Gasteiger partial charge in [0.2, 0.25) is 6.79 Å². The second kappa shape index (κ2) is 32.6. The van der Waals surface area contributed by atoms with Gasteiger partial charge in [-0.05, 0) is 42.5 Å². The first-order chi connectivity index (χ1) is 21.6. The van der Waals surface area contributed by atoms with E-state index < -0.39 is 5.97 Å². The Bertz CT molecular complexity index is 805. The van der Waals surface area contributed by atoms with Crippen LogP contribution in [0.25, 0.3) is 0 Å². The highest BCUT2D eigenvalue weighted by Crippen LogP contribution is 2.35. The van der Waals surface area contributed by atoms with E-state index in [-0.39, 0.29) is 17.4 Å². The van der Waals surface area contributed by atoms with Crippen molar-refractivity contribution in [1.29, 1.82) is 0 Å². The monoisotopic (exact) mass is 649 g/mol. The van der Waals surface area contributed by atoms with E-state index in [2.05, 4.69) is 26.8 Å².